The molecule has 0 aliphatic heterocycles. The van der Waals surface area contributed by atoms with Crippen LogP contribution in [0.1, 0.15) is 36.7 Å². The van der Waals surface area contributed by atoms with Crippen molar-refractivity contribution in [2.75, 3.05) is 6.61 Å². The topological polar surface area (TPSA) is 18.5 Å². The molecule has 2 aromatic rings. The summed E-state index contributed by atoms with van der Waals surface area (Å²) in [5.41, 5.74) is 2.20. The largest absolute Gasteiger partial charge is 0.491 e. The maximum Gasteiger partial charge on any atom is 0.153 e. The molecule has 0 bridgehead atoms. The summed E-state index contributed by atoms with van der Waals surface area (Å²) in [5.74, 6) is 0. The molecule has 0 saturated carbocycles. The first-order valence-corrected chi connectivity index (χ1v) is 7.34. The van der Waals surface area contributed by atoms with E-state index in [4.69, 9.17) is 9.47 Å². The van der Waals surface area contributed by atoms with E-state index in [0.29, 0.717) is 6.61 Å². The standard InChI is InChI=1S/C19H22O2/c1-3-15-21-19(17-13-9-6-10-14-17)18(20-4-2)16-11-7-5-8-12-16/h4-14,18-19H,2-3,15H2,1H3/t18-,19+/m0/s1. The third-order valence-electron chi connectivity index (χ3n) is 3.28. The fraction of sp³-hybridized carbons (Fsp3) is 0.263. The molecule has 0 radical (unpaired) electrons. The lowest BCUT2D eigenvalue weighted by Gasteiger charge is -2.27. The van der Waals surface area contributed by atoms with E-state index in [1.54, 1.807) is 0 Å². The fourth-order valence-electron chi connectivity index (χ4n) is 2.32. The SMILES string of the molecule is C=CO[C@@H](c1ccccc1)[C@H](OCCC)c1ccccc1. The van der Waals surface area contributed by atoms with Gasteiger partial charge in [0.1, 0.15) is 6.10 Å². The first-order chi connectivity index (χ1) is 10.4. The summed E-state index contributed by atoms with van der Waals surface area (Å²) < 4.78 is 11.9. The van der Waals surface area contributed by atoms with Gasteiger partial charge in [0.05, 0.1) is 6.26 Å². The van der Waals surface area contributed by atoms with Crippen molar-refractivity contribution in [1.82, 2.24) is 0 Å². The summed E-state index contributed by atoms with van der Waals surface area (Å²) in [6.07, 6.45) is 2.12. The van der Waals surface area contributed by atoms with Gasteiger partial charge in [-0.2, -0.15) is 0 Å². The molecular weight excluding hydrogens is 260 g/mol. The molecule has 0 amide bonds. The minimum absolute atomic E-state index is 0.147. The Labute approximate surface area is 127 Å². The van der Waals surface area contributed by atoms with Crippen molar-refractivity contribution in [3.05, 3.63) is 84.6 Å². The molecule has 0 aliphatic rings. The van der Waals surface area contributed by atoms with Crippen LogP contribution in [-0.4, -0.2) is 6.61 Å². The van der Waals surface area contributed by atoms with E-state index in [2.05, 4.69) is 37.8 Å². The quantitative estimate of drug-likeness (QED) is 0.630. The van der Waals surface area contributed by atoms with Gasteiger partial charge in [-0.3, -0.25) is 0 Å². The highest BCUT2D eigenvalue weighted by molar-refractivity contribution is 5.25. The molecule has 2 atom stereocenters. The Morgan fingerprint density at radius 3 is 1.90 bits per heavy atom. The highest BCUT2D eigenvalue weighted by Gasteiger charge is 2.26. The van der Waals surface area contributed by atoms with E-state index in [9.17, 15) is 0 Å². The molecule has 2 nitrogen and oxygen atoms in total. The van der Waals surface area contributed by atoms with Gasteiger partial charge in [0, 0.05) is 6.61 Å². The average Bonchev–Trinajstić information content (AvgIpc) is 2.56. The Morgan fingerprint density at radius 2 is 1.43 bits per heavy atom. The van der Waals surface area contributed by atoms with Gasteiger partial charge in [0.25, 0.3) is 0 Å². The van der Waals surface area contributed by atoms with Crippen molar-refractivity contribution in [2.45, 2.75) is 25.6 Å². The van der Waals surface area contributed by atoms with E-state index >= 15 is 0 Å². The average molecular weight is 282 g/mol. The molecule has 110 valence electrons. The molecule has 0 heterocycles. The van der Waals surface area contributed by atoms with Crippen LogP contribution in [0.5, 0.6) is 0 Å². The van der Waals surface area contributed by atoms with E-state index in [-0.39, 0.29) is 12.2 Å². The smallest absolute Gasteiger partial charge is 0.153 e. The molecule has 2 rings (SSSR count). The Kier molecular flexibility index (Phi) is 6.04. The number of benzene rings is 2. The van der Waals surface area contributed by atoms with Crippen molar-refractivity contribution in [3.8, 4) is 0 Å². The Balaban J connectivity index is 2.33. The van der Waals surface area contributed by atoms with Crippen LogP contribution >= 0.6 is 0 Å². The van der Waals surface area contributed by atoms with Crippen LogP contribution in [0.25, 0.3) is 0 Å². The summed E-state index contributed by atoms with van der Waals surface area (Å²) >= 11 is 0. The summed E-state index contributed by atoms with van der Waals surface area (Å²) in [6, 6.07) is 20.3. The summed E-state index contributed by atoms with van der Waals surface area (Å²) in [4.78, 5) is 0. The Hall–Kier alpha value is -2.06. The zero-order valence-electron chi connectivity index (χ0n) is 12.4. The fourth-order valence-corrected chi connectivity index (χ4v) is 2.32. The van der Waals surface area contributed by atoms with Gasteiger partial charge in [0.2, 0.25) is 0 Å². The van der Waals surface area contributed by atoms with Crippen LogP contribution in [0, 0.1) is 0 Å². The second kappa shape index (κ2) is 8.28. The maximum absolute atomic E-state index is 6.07. The number of hydrogen-bond acceptors (Lipinski definition) is 2. The lowest BCUT2D eigenvalue weighted by Crippen LogP contribution is -2.16. The van der Waals surface area contributed by atoms with Crippen LogP contribution in [0.4, 0.5) is 0 Å². The van der Waals surface area contributed by atoms with Gasteiger partial charge in [0.15, 0.2) is 6.10 Å². The van der Waals surface area contributed by atoms with Gasteiger partial charge in [-0.25, -0.2) is 0 Å². The number of hydrogen-bond donors (Lipinski definition) is 0. The lowest BCUT2D eigenvalue weighted by molar-refractivity contribution is -0.0468. The van der Waals surface area contributed by atoms with Crippen LogP contribution in [-0.2, 0) is 9.47 Å². The molecule has 0 fully saturated rings. The third kappa shape index (κ3) is 4.20. The summed E-state index contributed by atoms with van der Waals surface area (Å²) in [7, 11) is 0. The molecule has 21 heavy (non-hydrogen) atoms. The molecule has 0 aromatic heterocycles. The summed E-state index contributed by atoms with van der Waals surface area (Å²) in [5, 5.41) is 0. The first-order valence-electron chi connectivity index (χ1n) is 7.34. The predicted octanol–water partition coefficient (Wildman–Crippen LogP) is 5.06. The van der Waals surface area contributed by atoms with Crippen LogP contribution in [0.15, 0.2) is 73.5 Å². The van der Waals surface area contributed by atoms with Crippen molar-refractivity contribution < 1.29 is 9.47 Å². The molecular formula is C19H22O2. The molecule has 2 aromatic carbocycles. The van der Waals surface area contributed by atoms with E-state index in [1.807, 2.05) is 36.4 Å². The zero-order chi connectivity index (χ0) is 14.9. The number of rotatable bonds is 8. The van der Waals surface area contributed by atoms with Gasteiger partial charge in [-0.05, 0) is 17.5 Å². The Bertz CT molecular complexity index is 522. The minimum Gasteiger partial charge on any atom is -0.491 e. The number of ether oxygens (including phenoxy) is 2. The highest BCUT2D eigenvalue weighted by atomic mass is 16.5. The first kappa shape index (κ1) is 15.3. The highest BCUT2D eigenvalue weighted by Crippen LogP contribution is 2.35. The molecule has 0 saturated heterocycles. The van der Waals surface area contributed by atoms with Gasteiger partial charge in [-0.15, -0.1) is 0 Å². The van der Waals surface area contributed by atoms with Crippen LogP contribution < -0.4 is 0 Å². The zero-order valence-corrected chi connectivity index (χ0v) is 12.4. The van der Waals surface area contributed by atoms with Crippen molar-refractivity contribution >= 4 is 0 Å². The van der Waals surface area contributed by atoms with E-state index in [1.165, 1.54) is 6.26 Å². The lowest BCUT2D eigenvalue weighted by atomic mass is 9.98. The van der Waals surface area contributed by atoms with Crippen molar-refractivity contribution in [2.24, 2.45) is 0 Å². The van der Waals surface area contributed by atoms with Gasteiger partial charge in [-0.1, -0.05) is 74.2 Å². The molecule has 0 spiro atoms. The van der Waals surface area contributed by atoms with Gasteiger partial charge >= 0.3 is 0 Å². The molecule has 0 aliphatic carbocycles. The normalized spacial score (nSPS) is 13.4. The summed E-state index contributed by atoms with van der Waals surface area (Å²) in [6.45, 7) is 6.51. The van der Waals surface area contributed by atoms with Crippen LogP contribution in [0.2, 0.25) is 0 Å². The van der Waals surface area contributed by atoms with Crippen molar-refractivity contribution in [1.29, 1.82) is 0 Å². The predicted molar refractivity (Wildman–Crippen MR) is 85.9 cm³/mol. The molecule has 0 unspecified atom stereocenters. The maximum atomic E-state index is 6.07. The minimum atomic E-state index is -0.197. The van der Waals surface area contributed by atoms with Crippen molar-refractivity contribution in [3.63, 3.8) is 0 Å². The molecule has 0 N–H and O–H groups in total. The second-order valence-electron chi connectivity index (χ2n) is 4.84. The van der Waals surface area contributed by atoms with Crippen LogP contribution in [0.3, 0.4) is 0 Å². The monoisotopic (exact) mass is 282 g/mol. The third-order valence-corrected chi connectivity index (χ3v) is 3.28. The van der Waals surface area contributed by atoms with Gasteiger partial charge < -0.3 is 9.47 Å². The Morgan fingerprint density at radius 1 is 0.905 bits per heavy atom. The second-order valence-corrected chi connectivity index (χ2v) is 4.84. The molecule has 2 heteroatoms. The van der Waals surface area contributed by atoms with E-state index in [0.717, 1.165) is 17.5 Å². The van der Waals surface area contributed by atoms with E-state index < -0.39 is 0 Å².